The first-order valence-electron chi connectivity index (χ1n) is 7.56. The Balaban J connectivity index is 2.11. The van der Waals surface area contributed by atoms with Crippen LogP contribution in [0.1, 0.15) is 22.8 Å². The number of carbonyl (C=O) groups is 2. The summed E-state index contributed by atoms with van der Waals surface area (Å²) in [6.45, 7) is 3.68. The van der Waals surface area contributed by atoms with Gasteiger partial charge < -0.3 is 14.8 Å². The highest BCUT2D eigenvalue weighted by molar-refractivity contribution is 9.10. The fourth-order valence-corrected chi connectivity index (χ4v) is 2.94. The molecule has 0 aliphatic rings. The third-order valence-corrected chi connectivity index (χ3v) is 4.05. The van der Waals surface area contributed by atoms with Gasteiger partial charge in [0.2, 0.25) is 0 Å². The zero-order valence-electron chi connectivity index (χ0n) is 13.8. The maximum absolute atomic E-state index is 12.2. The summed E-state index contributed by atoms with van der Waals surface area (Å²) in [5, 5.41) is 3.01. The monoisotopic (exact) mass is 425 g/mol. The van der Waals surface area contributed by atoms with E-state index in [0.29, 0.717) is 20.9 Å². The number of esters is 1. The van der Waals surface area contributed by atoms with E-state index in [9.17, 15) is 9.59 Å². The number of benzene rings is 2. The van der Waals surface area contributed by atoms with Crippen LogP contribution in [0.25, 0.3) is 0 Å². The van der Waals surface area contributed by atoms with Gasteiger partial charge in [0, 0.05) is 9.50 Å². The molecule has 132 valence electrons. The van der Waals surface area contributed by atoms with Crippen molar-refractivity contribution in [3.63, 3.8) is 0 Å². The summed E-state index contributed by atoms with van der Waals surface area (Å²) in [4.78, 5) is 24.3. The first-order valence-corrected chi connectivity index (χ1v) is 8.73. The van der Waals surface area contributed by atoms with Gasteiger partial charge in [-0.1, -0.05) is 29.3 Å². The molecule has 5 nitrogen and oxygen atoms in total. The summed E-state index contributed by atoms with van der Waals surface area (Å²) in [5.74, 6) is -0.392. The topological polar surface area (TPSA) is 64.6 Å². The molecule has 0 heterocycles. The zero-order chi connectivity index (χ0) is 18.4. The molecule has 2 aromatic rings. The van der Waals surface area contributed by atoms with Crippen LogP contribution in [0.15, 0.2) is 40.9 Å². The number of hydrogen-bond donors (Lipinski definition) is 1. The number of anilines is 1. The number of carbonyl (C=O) groups excluding carboxylic acids is 2. The molecule has 2 rings (SSSR count). The van der Waals surface area contributed by atoms with E-state index in [4.69, 9.17) is 21.1 Å². The molecule has 0 bridgehead atoms. The maximum atomic E-state index is 12.2. The predicted octanol–water partition coefficient (Wildman–Crippen LogP) is 4.61. The molecule has 1 N–H and O–H groups in total. The van der Waals surface area contributed by atoms with Gasteiger partial charge in [-0.05, 0) is 54.0 Å². The van der Waals surface area contributed by atoms with Gasteiger partial charge in [-0.2, -0.15) is 0 Å². The molecule has 0 fully saturated rings. The highest BCUT2D eigenvalue weighted by Gasteiger charge is 2.19. The molecule has 0 aliphatic heterocycles. The summed E-state index contributed by atoms with van der Waals surface area (Å²) in [5.41, 5.74) is 1.56. The highest BCUT2D eigenvalue weighted by Crippen LogP contribution is 2.31. The maximum Gasteiger partial charge on any atom is 0.340 e. The molecule has 0 unspecified atom stereocenters. The molecular weight excluding hydrogens is 410 g/mol. The number of nitrogens with one attached hydrogen (secondary N) is 1. The Morgan fingerprint density at radius 1 is 1.20 bits per heavy atom. The number of hydrogen-bond acceptors (Lipinski definition) is 4. The number of aryl methyl sites for hydroxylation is 1. The average Bonchev–Trinajstić information content (AvgIpc) is 2.56. The van der Waals surface area contributed by atoms with Gasteiger partial charge in [-0.25, -0.2) is 4.79 Å². The van der Waals surface area contributed by atoms with Gasteiger partial charge in [0.15, 0.2) is 6.61 Å². The second-order valence-corrected chi connectivity index (χ2v) is 6.47. The van der Waals surface area contributed by atoms with Gasteiger partial charge in [-0.15, -0.1) is 0 Å². The molecule has 0 radical (unpaired) electrons. The first kappa shape index (κ1) is 19.3. The van der Waals surface area contributed by atoms with Crippen LogP contribution in [-0.2, 0) is 9.53 Å². The van der Waals surface area contributed by atoms with Crippen LogP contribution in [0.2, 0.25) is 5.02 Å². The molecule has 0 spiro atoms. The van der Waals surface area contributed by atoms with Crippen molar-refractivity contribution in [2.75, 3.05) is 18.5 Å². The Hall–Kier alpha value is -2.05. The Kier molecular flexibility index (Phi) is 6.84. The smallest absolute Gasteiger partial charge is 0.340 e. The second-order valence-electron chi connectivity index (χ2n) is 5.18. The lowest BCUT2D eigenvalue weighted by molar-refractivity contribution is -0.118. The summed E-state index contributed by atoms with van der Waals surface area (Å²) in [7, 11) is 0. The van der Waals surface area contributed by atoms with Crippen molar-refractivity contribution in [2.24, 2.45) is 0 Å². The summed E-state index contributed by atoms with van der Waals surface area (Å²) in [6, 6.07) is 10.4. The first-order chi connectivity index (χ1) is 11.9. The van der Waals surface area contributed by atoms with Crippen molar-refractivity contribution >= 4 is 45.1 Å². The lowest BCUT2D eigenvalue weighted by Crippen LogP contribution is -2.22. The number of halogens is 2. The van der Waals surface area contributed by atoms with Crippen molar-refractivity contribution < 1.29 is 19.1 Å². The molecular formula is C18H17BrClNO4. The third-order valence-electron chi connectivity index (χ3n) is 3.21. The normalized spacial score (nSPS) is 10.2. The Labute approximate surface area is 159 Å². The molecule has 0 aromatic heterocycles. The van der Waals surface area contributed by atoms with Crippen LogP contribution in [0.5, 0.6) is 5.75 Å². The standard InChI is InChI=1S/C18H17BrClNO4/c1-3-24-18(23)14-8-12(20)9-15(19)17(14)21-16(22)10-25-13-6-4-11(2)5-7-13/h4-9H,3,10H2,1-2H3,(H,21,22). The Morgan fingerprint density at radius 2 is 1.88 bits per heavy atom. The van der Waals surface area contributed by atoms with Crippen molar-refractivity contribution in [1.82, 2.24) is 0 Å². The fourth-order valence-electron chi connectivity index (χ4n) is 2.03. The molecule has 1 amide bonds. The SMILES string of the molecule is CCOC(=O)c1cc(Cl)cc(Br)c1NC(=O)COc1ccc(C)cc1. The zero-order valence-corrected chi connectivity index (χ0v) is 16.1. The van der Waals surface area contributed by atoms with E-state index in [-0.39, 0.29) is 18.8 Å². The van der Waals surface area contributed by atoms with Crippen molar-refractivity contribution in [3.05, 3.63) is 57.0 Å². The second kappa shape index (κ2) is 8.87. The highest BCUT2D eigenvalue weighted by atomic mass is 79.9. The molecule has 0 saturated heterocycles. The van der Waals surface area contributed by atoms with Crippen LogP contribution in [0.4, 0.5) is 5.69 Å². The van der Waals surface area contributed by atoms with Crippen molar-refractivity contribution in [3.8, 4) is 5.75 Å². The van der Waals surface area contributed by atoms with Gasteiger partial charge >= 0.3 is 5.97 Å². The predicted molar refractivity (Wildman–Crippen MR) is 100 cm³/mol. The van der Waals surface area contributed by atoms with Crippen LogP contribution in [0, 0.1) is 6.92 Å². The Morgan fingerprint density at radius 3 is 2.52 bits per heavy atom. The molecule has 0 atom stereocenters. The summed E-state index contributed by atoms with van der Waals surface area (Å²) >= 11 is 9.28. The van der Waals surface area contributed by atoms with Gasteiger partial charge in [0.1, 0.15) is 5.75 Å². The van der Waals surface area contributed by atoms with E-state index in [1.165, 1.54) is 6.07 Å². The fraction of sp³-hybridized carbons (Fsp3) is 0.222. The van der Waals surface area contributed by atoms with E-state index in [1.807, 2.05) is 19.1 Å². The van der Waals surface area contributed by atoms with Crippen molar-refractivity contribution in [2.45, 2.75) is 13.8 Å². The van der Waals surface area contributed by atoms with E-state index in [1.54, 1.807) is 25.1 Å². The van der Waals surface area contributed by atoms with E-state index in [2.05, 4.69) is 21.2 Å². The molecule has 0 saturated carbocycles. The van der Waals surface area contributed by atoms with Crippen LogP contribution < -0.4 is 10.1 Å². The summed E-state index contributed by atoms with van der Waals surface area (Å²) < 4.78 is 10.9. The van der Waals surface area contributed by atoms with E-state index in [0.717, 1.165) is 5.56 Å². The minimum absolute atomic E-state index is 0.171. The number of rotatable bonds is 6. The summed E-state index contributed by atoms with van der Waals surface area (Å²) in [6.07, 6.45) is 0. The van der Waals surface area contributed by atoms with Gasteiger partial charge in [0.05, 0.1) is 17.9 Å². The number of amides is 1. The average molecular weight is 427 g/mol. The lowest BCUT2D eigenvalue weighted by Gasteiger charge is -2.13. The quantitative estimate of drug-likeness (QED) is 0.685. The van der Waals surface area contributed by atoms with Crippen LogP contribution >= 0.6 is 27.5 Å². The van der Waals surface area contributed by atoms with E-state index < -0.39 is 11.9 Å². The van der Waals surface area contributed by atoms with Gasteiger partial charge in [-0.3, -0.25) is 4.79 Å². The van der Waals surface area contributed by atoms with E-state index >= 15 is 0 Å². The lowest BCUT2D eigenvalue weighted by atomic mass is 10.1. The van der Waals surface area contributed by atoms with Crippen molar-refractivity contribution in [1.29, 1.82) is 0 Å². The van der Waals surface area contributed by atoms with Crippen LogP contribution in [-0.4, -0.2) is 25.1 Å². The molecule has 2 aromatic carbocycles. The van der Waals surface area contributed by atoms with Gasteiger partial charge in [0.25, 0.3) is 5.91 Å². The minimum atomic E-state index is -0.569. The molecule has 25 heavy (non-hydrogen) atoms. The van der Waals surface area contributed by atoms with Crippen LogP contribution in [0.3, 0.4) is 0 Å². The molecule has 7 heteroatoms. The number of ether oxygens (including phenoxy) is 2. The third kappa shape index (κ3) is 5.47. The Bertz CT molecular complexity index is 777. The molecule has 0 aliphatic carbocycles. The largest absolute Gasteiger partial charge is 0.484 e. The minimum Gasteiger partial charge on any atom is -0.484 e.